The number of anilines is 1. The third kappa shape index (κ3) is 3.88. The molecule has 0 aliphatic heterocycles. The van der Waals surface area contributed by atoms with Gasteiger partial charge in [0.15, 0.2) is 0 Å². The zero-order valence-electron chi connectivity index (χ0n) is 14.6. The number of benzene rings is 2. The quantitative estimate of drug-likeness (QED) is 0.560. The second-order valence-electron chi connectivity index (χ2n) is 5.89. The first-order chi connectivity index (χ1) is 13.7. The summed E-state index contributed by atoms with van der Waals surface area (Å²) in [6.45, 7) is 0. The van der Waals surface area contributed by atoms with Crippen molar-refractivity contribution in [2.75, 3.05) is 5.32 Å². The van der Waals surface area contributed by atoms with E-state index in [0.717, 1.165) is 0 Å². The number of halogens is 1. The van der Waals surface area contributed by atoms with E-state index < -0.39 is 5.82 Å². The molecule has 2 aromatic heterocycles. The molecule has 0 spiro atoms. The van der Waals surface area contributed by atoms with Crippen molar-refractivity contribution in [3.63, 3.8) is 0 Å². The van der Waals surface area contributed by atoms with Gasteiger partial charge in [-0.25, -0.2) is 9.07 Å². The van der Waals surface area contributed by atoms with E-state index in [1.165, 1.54) is 23.1 Å². The first-order valence-electron chi connectivity index (χ1n) is 8.48. The van der Waals surface area contributed by atoms with E-state index in [1.54, 1.807) is 67.0 Å². The number of carbonyl (C=O) groups is 1. The van der Waals surface area contributed by atoms with Crippen LogP contribution < -0.4 is 10.1 Å². The average molecular weight is 374 g/mol. The fourth-order valence-electron chi connectivity index (χ4n) is 2.59. The second kappa shape index (κ2) is 7.71. The number of nitrogens with one attached hydrogen (secondary N) is 1. The van der Waals surface area contributed by atoms with Gasteiger partial charge in [-0.2, -0.15) is 5.10 Å². The van der Waals surface area contributed by atoms with Crippen LogP contribution in [-0.4, -0.2) is 20.7 Å². The summed E-state index contributed by atoms with van der Waals surface area (Å²) in [5, 5.41) is 6.85. The van der Waals surface area contributed by atoms with Crippen molar-refractivity contribution in [1.82, 2.24) is 14.8 Å². The number of pyridine rings is 1. The molecule has 1 amide bonds. The van der Waals surface area contributed by atoms with Crippen LogP contribution in [0.3, 0.4) is 0 Å². The van der Waals surface area contributed by atoms with Crippen LogP contribution in [-0.2, 0) is 0 Å². The monoisotopic (exact) mass is 374 g/mol. The molecule has 7 heteroatoms. The lowest BCUT2D eigenvalue weighted by Crippen LogP contribution is -2.11. The third-order valence-electron chi connectivity index (χ3n) is 3.92. The van der Waals surface area contributed by atoms with Crippen molar-refractivity contribution >= 4 is 11.6 Å². The molecule has 1 N–H and O–H groups in total. The molecule has 0 radical (unpaired) electrons. The number of carbonyl (C=O) groups excluding carboxylic acids is 1. The molecule has 0 fully saturated rings. The highest BCUT2D eigenvalue weighted by molar-refractivity contribution is 6.04. The predicted molar refractivity (Wildman–Crippen MR) is 102 cm³/mol. The predicted octanol–water partition coefficient (Wildman–Crippen LogP) is 4.45. The molecular weight excluding hydrogens is 359 g/mol. The van der Waals surface area contributed by atoms with Crippen LogP contribution in [0.1, 0.15) is 10.4 Å². The van der Waals surface area contributed by atoms with Gasteiger partial charge < -0.3 is 10.1 Å². The van der Waals surface area contributed by atoms with Crippen molar-refractivity contribution in [2.45, 2.75) is 0 Å². The molecule has 2 aromatic carbocycles. The molecule has 0 saturated heterocycles. The summed E-state index contributed by atoms with van der Waals surface area (Å²) in [6.07, 6.45) is 6.13. The summed E-state index contributed by atoms with van der Waals surface area (Å²) < 4.78 is 20.9. The van der Waals surface area contributed by atoms with Gasteiger partial charge in [0.25, 0.3) is 5.91 Å². The Morgan fingerprint density at radius 2 is 1.82 bits per heavy atom. The van der Waals surface area contributed by atoms with Gasteiger partial charge >= 0.3 is 0 Å². The van der Waals surface area contributed by atoms with E-state index in [0.29, 0.717) is 22.7 Å². The molecule has 4 rings (SSSR count). The maximum atomic E-state index is 13.9. The minimum absolute atomic E-state index is 0.272. The number of rotatable bonds is 5. The van der Waals surface area contributed by atoms with Crippen LogP contribution in [0.2, 0.25) is 0 Å². The molecule has 138 valence electrons. The maximum Gasteiger partial charge on any atom is 0.258 e. The number of hydrogen-bond acceptors (Lipinski definition) is 4. The van der Waals surface area contributed by atoms with Gasteiger partial charge in [-0.1, -0.05) is 18.2 Å². The van der Waals surface area contributed by atoms with E-state index in [1.807, 2.05) is 0 Å². The van der Waals surface area contributed by atoms with Gasteiger partial charge in [-0.05, 0) is 36.4 Å². The van der Waals surface area contributed by atoms with Crippen molar-refractivity contribution in [1.29, 1.82) is 0 Å². The Balaban J connectivity index is 1.48. The highest BCUT2D eigenvalue weighted by Crippen LogP contribution is 2.24. The Labute approximate surface area is 160 Å². The zero-order valence-corrected chi connectivity index (χ0v) is 14.6. The van der Waals surface area contributed by atoms with Crippen molar-refractivity contribution in [3.05, 3.63) is 96.8 Å². The first kappa shape index (κ1) is 17.4. The van der Waals surface area contributed by atoms with E-state index in [9.17, 15) is 9.18 Å². The number of amides is 1. The molecule has 6 nitrogen and oxygen atoms in total. The Hall–Kier alpha value is -4.00. The molecule has 0 atom stereocenters. The van der Waals surface area contributed by atoms with Gasteiger partial charge in [0.2, 0.25) is 0 Å². The summed E-state index contributed by atoms with van der Waals surface area (Å²) in [7, 11) is 0. The third-order valence-corrected chi connectivity index (χ3v) is 3.92. The minimum Gasteiger partial charge on any atom is -0.457 e. The summed E-state index contributed by atoms with van der Waals surface area (Å²) >= 11 is 0. The van der Waals surface area contributed by atoms with Crippen LogP contribution >= 0.6 is 0 Å². The number of hydrogen-bond donors (Lipinski definition) is 1. The molecule has 0 bridgehead atoms. The number of ether oxygens (including phenoxy) is 1. The number of aromatic nitrogens is 3. The molecular formula is C21H15FN4O2. The normalized spacial score (nSPS) is 10.5. The molecule has 0 unspecified atom stereocenters. The summed E-state index contributed by atoms with van der Waals surface area (Å²) in [6, 6.07) is 16.7. The largest absolute Gasteiger partial charge is 0.457 e. The fraction of sp³-hybridized carbons (Fsp3) is 0. The lowest BCUT2D eigenvalue weighted by Gasteiger charge is -2.08. The number of nitrogens with zero attached hydrogens (tertiary/aromatic N) is 3. The molecule has 0 saturated carbocycles. The Bertz CT molecular complexity index is 1110. The lowest BCUT2D eigenvalue weighted by atomic mass is 10.2. The van der Waals surface area contributed by atoms with E-state index in [-0.39, 0.29) is 11.6 Å². The highest BCUT2D eigenvalue weighted by atomic mass is 19.1. The molecule has 0 aliphatic carbocycles. The summed E-state index contributed by atoms with van der Waals surface area (Å²) in [5.41, 5.74) is 1.15. The van der Waals surface area contributed by atoms with Crippen LogP contribution in [0, 0.1) is 5.82 Å². The Morgan fingerprint density at radius 1 is 1.00 bits per heavy atom. The number of para-hydroxylation sites is 1. The van der Waals surface area contributed by atoms with Crippen molar-refractivity contribution in [2.24, 2.45) is 0 Å². The highest BCUT2D eigenvalue weighted by Gasteiger charge is 2.12. The SMILES string of the molecule is O=C(Nc1cccc(Oc2ccncc2)c1)c1cnn(-c2ccccc2F)c1. The van der Waals surface area contributed by atoms with E-state index >= 15 is 0 Å². The molecule has 0 aliphatic rings. The van der Waals surface area contributed by atoms with Crippen molar-refractivity contribution in [3.8, 4) is 17.2 Å². The summed E-state index contributed by atoms with van der Waals surface area (Å²) in [5.74, 6) is 0.442. The van der Waals surface area contributed by atoms with Gasteiger partial charge in [-0.3, -0.25) is 9.78 Å². The van der Waals surface area contributed by atoms with Gasteiger partial charge in [0.1, 0.15) is 23.0 Å². The smallest absolute Gasteiger partial charge is 0.258 e. The van der Waals surface area contributed by atoms with Crippen LogP contribution in [0.5, 0.6) is 11.5 Å². The van der Waals surface area contributed by atoms with Crippen molar-refractivity contribution < 1.29 is 13.9 Å². The van der Waals surface area contributed by atoms with Gasteiger partial charge in [0, 0.05) is 30.3 Å². The fourth-order valence-corrected chi connectivity index (χ4v) is 2.59. The maximum absolute atomic E-state index is 13.9. The summed E-state index contributed by atoms with van der Waals surface area (Å²) in [4.78, 5) is 16.4. The van der Waals surface area contributed by atoms with Crippen LogP contribution in [0.25, 0.3) is 5.69 Å². The second-order valence-corrected chi connectivity index (χ2v) is 5.89. The van der Waals surface area contributed by atoms with Crippen LogP contribution in [0.15, 0.2) is 85.5 Å². The Kier molecular flexibility index (Phi) is 4.79. The zero-order chi connectivity index (χ0) is 19.3. The average Bonchev–Trinajstić information content (AvgIpc) is 3.20. The standard InChI is InChI=1S/C21H15FN4O2/c22-19-6-1-2-7-20(19)26-14-15(13-24-26)21(27)25-16-4-3-5-18(12-16)28-17-8-10-23-11-9-17/h1-14H,(H,25,27). The van der Waals surface area contributed by atoms with Gasteiger partial charge in [0.05, 0.1) is 11.8 Å². The topological polar surface area (TPSA) is 69.0 Å². The first-order valence-corrected chi connectivity index (χ1v) is 8.48. The van der Waals surface area contributed by atoms with E-state index in [4.69, 9.17) is 4.74 Å². The molecule has 4 aromatic rings. The van der Waals surface area contributed by atoms with E-state index in [2.05, 4.69) is 15.4 Å². The van der Waals surface area contributed by atoms with Crippen LogP contribution in [0.4, 0.5) is 10.1 Å². The molecule has 28 heavy (non-hydrogen) atoms. The Morgan fingerprint density at radius 3 is 2.64 bits per heavy atom. The lowest BCUT2D eigenvalue weighted by molar-refractivity contribution is 0.102. The van der Waals surface area contributed by atoms with Gasteiger partial charge in [-0.15, -0.1) is 0 Å². The molecule has 2 heterocycles. The minimum atomic E-state index is -0.418.